The van der Waals surface area contributed by atoms with Crippen molar-refractivity contribution in [2.45, 2.75) is 6.10 Å². The molecule has 0 saturated carbocycles. The maximum Gasteiger partial charge on any atom is 0.0926 e. The van der Waals surface area contributed by atoms with E-state index in [1.165, 1.54) is 0 Å². The minimum atomic E-state index is -0.706. The van der Waals surface area contributed by atoms with Crippen molar-refractivity contribution in [3.05, 3.63) is 33.8 Å². The van der Waals surface area contributed by atoms with Crippen LogP contribution in [0.2, 0.25) is 10.0 Å². The standard InChI is InChI=1S/C8H7Cl3O/c9-4-8(12)5-1-6(10)3-7(11)2-5/h1-3,8,12H,4H2/t8-/m0/s1. The highest BCUT2D eigenvalue weighted by Gasteiger charge is 2.07. The van der Waals surface area contributed by atoms with Crippen LogP contribution in [0.25, 0.3) is 0 Å². The Bertz CT molecular complexity index is 255. The molecule has 0 radical (unpaired) electrons. The van der Waals surface area contributed by atoms with Crippen LogP contribution in [0.3, 0.4) is 0 Å². The molecule has 1 rings (SSSR count). The number of halogens is 3. The molecule has 0 aliphatic heterocycles. The number of rotatable bonds is 2. The Labute approximate surface area is 85.9 Å². The van der Waals surface area contributed by atoms with Crippen LogP contribution < -0.4 is 0 Å². The average Bonchev–Trinajstić information content (AvgIpc) is 2.01. The number of alkyl halides is 1. The Morgan fingerprint density at radius 1 is 1.17 bits per heavy atom. The fourth-order valence-corrected chi connectivity index (χ4v) is 1.58. The first-order valence-electron chi connectivity index (χ1n) is 3.33. The van der Waals surface area contributed by atoms with Crippen molar-refractivity contribution in [3.8, 4) is 0 Å². The van der Waals surface area contributed by atoms with Crippen molar-refractivity contribution >= 4 is 34.8 Å². The number of hydrogen-bond acceptors (Lipinski definition) is 1. The molecular weight excluding hydrogens is 218 g/mol. The third kappa shape index (κ3) is 2.53. The van der Waals surface area contributed by atoms with E-state index in [0.717, 1.165) is 0 Å². The summed E-state index contributed by atoms with van der Waals surface area (Å²) in [7, 11) is 0. The lowest BCUT2D eigenvalue weighted by molar-refractivity contribution is 0.202. The second kappa shape index (κ2) is 4.33. The van der Waals surface area contributed by atoms with E-state index in [4.69, 9.17) is 34.8 Å². The largest absolute Gasteiger partial charge is 0.387 e. The van der Waals surface area contributed by atoms with Gasteiger partial charge >= 0.3 is 0 Å². The normalized spacial score (nSPS) is 13.0. The molecule has 0 heterocycles. The highest BCUT2D eigenvalue weighted by atomic mass is 35.5. The van der Waals surface area contributed by atoms with Gasteiger partial charge in [-0.3, -0.25) is 0 Å². The van der Waals surface area contributed by atoms with Gasteiger partial charge in [0.15, 0.2) is 0 Å². The molecule has 1 N–H and O–H groups in total. The summed E-state index contributed by atoms with van der Waals surface area (Å²) in [6.45, 7) is 0. The lowest BCUT2D eigenvalue weighted by Crippen LogP contribution is -1.97. The molecule has 0 unspecified atom stereocenters. The smallest absolute Gasteiger partial charge is 0.0926 e. The van der Waals surface area contributed by atoms with Crippen LogP contribution in [0.5, 0.6) is 0 Å². The molecule has 66 valence electrons. The van der Waals surface area contributed by atoms with Crippen molar-refractivity contribution < 1.29 is 5.11 Å². The third-order valence-corrected chi connectivity index (χ3v) is 2.14. The molecule has 0 aliphatic rings. The molecule has 4 heteroatoms. The fraction of sp³-hybridized carbons (Fsp3) is 0.250. The van der Waals surface area contributed by atoms with Gasteiger partial charge < -0.3 is 5.11 Å². The summed E-state index contributed by atoms with van der Waals surface area (Å²) in [5, 5.41) is 10.3. The minimum absolute atomic E-state index is 0.136. The monoisotopic (exact) mass is 224 g/mol. The average molecular weight is 226 g/mol. The highest BCUT2D eigenvalue weighted by molar-refractivity contribution is 6.34. The van der Waals surface area contributed by atoms with Gasteiger partial charge in [0.2, 0.25) is 0 Å². The van der Waals surface area contributed by atoms with Crippen LogP contribution in [0.1, 0.15) is 11.7 Å². The van der Waals surface area contributed by atoms with E-state index in [-0.39, 0.29) is 5.88 Å². The van der Waals surface area contributed by atoms with Gasteiger partial charge in [0.25, 0.3) is 0 Å². The first kappa shape index (κ1) is 10.1. The van der Waals surface area contributed by atoms with Gasteiger partial charge in [-0.2, -0.15) is 0 Å². The lowest BCUT2D eigenvalue weighted by Gasteiger charge is -2.07. The maximum absolute atomic E-state index is 9.33. The SMILES string of the molecule is O[C@@H](CCl)c1cc(Cl)cc(Cl)c1. The Hall–Kier alpha value is 0.0500. The van der Waals surface area contributed by atoms with E-state index >= 15 is 0 Å². The van der Waals surface area contributed by atoms with E-state index in [1.807, 2.05) is 0 Å². The molecule has 12 heavy (non-hydrogen) atoms. The zero-order valence-corrected chi connectivity index (χ0v) is 8.37. The summed E-state index contributed by atoms with van der Waals surface area (Å²) >= 11 is 16.9. The fourth-order valence-electron chi connectivity index (χ4n) is 0.857. The molecule has 0 spiro atoms. The van der Waals surface area contributed by atoms with Gasteiger partial charge in [-0.25, -0.2) is 0 Å². The van der Waals surface area contributed by atoms with Crippen LogP contribution in [0.4, 0.5) is 0 Å². The second-order valence-corrected chi connectivity index (χ2v) is 3.55. The Morgan fingerprint density at radius 2 is 1.67 bits per heavy atom. The van der Waals surface area contributed by atoms with Crippen LogP contribution in [-0.4, -0.2) is 11.0 Å². The van der Waals surface area contributed by atoms with Crippen LogP contribution in [0.15, 0.2) is 18.2 Å². The van der Waals surface area contributed by atoms with Gasteiger partial charge in [-0.05, 0) is 23.8 Å². The van der Waals surface area contributed by atoms with Gasteiger partial charge in [-0.15, -0.1) is 11.6 Å². The molecule has 0 aromatic heterocycles. The van der Waals surface area contributed by atoms with Crippen LogP contribution >= 0.6 is 34.8 Å². The molecule has 1 atom stereocenters. The molecule has 1 nitrogen and oxygen atoms in total. The van der Waals surface area contributed by atoms with Gasteiger partial charge in [0.1, 0.15) is 0 Å². The number of aliphatic hydroxyl groups is 1. The molecule has 1 aromatic rings. The molecule has 1 aromatic carbocycles. The van der Waals surface area contributed by atoms with E-state index in [2.05, 4.69) is 0 Å². The zero-order chi connectivity index (χ0) is 9.14. The molecule has 0 amide bonds. The second-order valence-electron chi connectivity index (χ2n) is 2.37. The Kier molecular flexibility index (Phi) is 3.66. The van der Waals surface area contributed by atoms with E-state index in [0.29, 0.717) is 15.6 Å². The summed E-state index contributed by atoms with van der Waals surface area (Å²) in [6.07, 6.45) is -0.706. The predicted molar refractivity (Wildman–Crippen MR) is 52.1 cm³/mol. The molecule has 0 saturated heterocycles. The number of hydrogen-bond donors (Lipinski definition) is 1. The maximum atomic E-state index is 9.33. The molecule has 0 fully saturated rings. The van der Waals surface area contributed by atoms with Crippen molar-refractivity contribution in [2.24, 2.45) is 0 Å². The van der Waals surface area contributed by atoms with Gasteiger partial charge in [0, 0.05) is 10.0 Å². The van der Waals surface area contributed by atoms with E-state index < -0.39 is 6.10 Å². The minimum Gasteiger partial charge on any atom is -0.387 e. The third-order valence-electron chi connectivity index (χ3n) is 1.42. The zero-order valence-electron chi connectivity index (χ0n) is 6.10. The van der Waals surface area contributed by atoms with E-state index in [9.17, 15) is 5.11 Å². The lowest BCUT2D eigenvalue weighted by atomic mass is 10.1. The first-order valence-corrected chi connectivity index (χ1v) is 4.62. The topological polar surface area (TPSA) is 20.2 Å². The first-order chi connectivity index (χ1) is 5.63. The Morgan fingerprint density at radius 3 is 2.08 bits per heavy atom. The molecule has 0 bridgehead atoms. The predicted octanol–water partition coefficient (Wildman–Crippen LogP) is 3.27. The quantitative estimate of drug-likeness (QED) is 0.766. The Balaban J connectivity index is 3.00. The van der Waals surface area contributed by atoms with Gasteiger partial charge in [-0.1, -0.05) is 23.2 Å². The number of aliphatic hydroxyl groups excluding tert-OH is 1. The molecule has 0 aliphatic carbocycles. The summed E-state index contributed by atoms with van der Waals surface area (Å²) in [5.41, 5.74) is 0.641. The van der Waals surface area contributed by atoms with Gasteiger partial charge in [0.05, 0.1) is 12.0 Å². The highest BCUT2D eigenvalue weighted by Crippen LogP contribution is 2.23. The summed E-state index contributed by atoms with van der Waals surface area (Å²) in [5.74, 6) is 0.136. The summed E-state index contributed by atoms with van der Waals surface area (Å²) in [4.78, 5) is 0. The van der Waals surface area contributed by atoms with Crippen molar-refractivity contribution in [1.29, 1.82) is 0 Å². The molecular formula is C8H7Cl3O. The number of benzene rings is 1. The van der Waals surface area contributed by atoms with Crippen molar-refractivity contribution in [2.75, 3.05) is 5.88 Å². The summed E-state index contributed by atoms with van der Waals surface area (Å²) < 4.78 is 0. The van der Waals surface area contributed by atoms with Crippen molar-refractivity contribution in [3.63, 3.8) is 0 Å². The van der Waals surface area contributed by atoms with E-state index in [1.54, 1.807) is 18.2 Å². The summed E-state index contributed by atoms with van der Waals surface area (Å²) in [6, 6.07) is 4.88. The van der Waals surface area contributed by atoms with Crippen LogP contribution in [-0.2, 0) is 0 Å². The van der Waals surface area contributed by atoms with Crippen LogP contribution in [0, 0.1) is 0 Å². The van der Waals surface area contributed by atoms with Crippen molar-refractivity contribution in [1.82, 2.24) is 0 Å².